The summed E-state index contributed by atoms with van der Waals surface area (Å²) in [5.74, 6) is -0.448. The first-order valence-corrected chi connectivity index (χ1v) is 5.34. The minimum atomic E-state index is -0.272. The van der Waals surface area contributed by atoms with E-state index in [2.05, 4.69) is 0 Å². The minimum Gasteiger partial charge on any atom is -0.364 e. The van der Waals surface area contributed by atoms with Crippen molar-refractivity contribution in [3.05, 3.63) is 12.2 Å². The maximum atomic E-state index is 11.4. The van der Waals surface area contributed by atoms with E-state index >= 15 is 0 Å². The standard InChI is InChI=1S/C11H15NO3/c1-3-8-11(4-2,15-8)7-12-9(13)5-6-10(12)14/h5-6,8H,3-4,7H2,1-2H3. The van der Waals surface area contributed by atoms with E-state index in [1.54, 1.807) is 0 Å². The molecule has 1 saturated heterocycles. The molecule has 1 fully saturated rings. The van der Waals surface area contributed by atoms with Gasteiger partial charge in [0.1, 0.15) is 5.60 Å². The van der Waals surface area contributed by atoms with Crippen molar-refractivity contribution in [1.29, 1.82) is 0 Å². The monoisotopic (exact) mass is 209 g/mol. The van der Waals surface area contributed by atoms with Crippen LogP contribution in [0.3, 0.4) is 0 Å². The fourth-order valence-electron chi connectivity index (χ4n) is 2.12. The average Bonchev–Trinajstić information content (AvgIpc) is 2.88. The lowest BCUT2D eigenvalue weighted by atomic mass is 10.00. The Morgan fingerprint density at radius 3 is 2.33 bits per heavy atom. The molecule has 0 N–H and O–H groups in total. The van der Waals surface area contributed by atoms with Crippen LogP contribution in [0.1, 0.15) is 26.7 Å². The summed E-state index contributed by atoms with van der Waals surface area (Å²) >= 11 is 0. The molecule has 0 aromatic heterocycles. The van der Waals surface area contributed by atoms with Crippen molar-refractivity contribution in [1.82, 2.24) is 4.90 Å². The highest BCUT2D eigenvalue weighted by Crippen LogP contribution is 2.42. The summed E-state index contributed by atoms with van der Waals surface area (Å²) < 4.78 is 5.59. The third-order valence-electron chi connectivity index (χ3n) is 3.20. The van der Waals surface area contributed by atoms with Gasteiger partial charge in [-0.05, 0) is 12.8 Å². The van der Waals surface area contributed by atoms with Crippen LogP contribution in [-0.4, -0.2) is 35.0 Å². The minimum absolute atomic E-state index is 0.198. The number of hydrogen-bond acceptors (Lipinski definition) is 3. The van der Waals surface area contributed by atoms with E-state index in [0.29, 0.717) is 6.54 Å². The Bertz CT molecular complexity index is 319. The maximum absolute atomic E-state index is 11.4. The molecule has 15 heavy (non-hydrogen) atoms. The van der Waals surface area contributed by atoms with E-state index in [4.69, 9.17) is 4.74 Å². The van der Waals surface area contributed by atoms with Crippen molar-refractivity contribution in [3.8, 4) is 0 Å². The molecule has 2 aliphatic heterocycles. The molecule has 4 heteroatoms. The van der Waals surface area contributed by atoms with E-state index in [-0.39, 0.29) is 23.5 Å². The van der Waals surface area contributed by atoms with E-state index in [1.807, 2.05) is 13.8 Å². The molecule has 2 atom stereocenters. The predicted octanol–water partition coefficient (Wildman–Crippen LogP) is 0.869. The Morgan fingerprint density at radius 1 is 1.33 bits per heavy atom. The second kappa shape index (κ2) is 3.45. The number of nitrogens with zero attached hydrogens (tertiary/aromatic N) is 1. The molecule has 0 saturated carbocycles. The first-order chi connectivity index (χ1) is 7.13. The van der Waals surface area contributed by atoms with Gasteiger partial charge in [0.2, 0.25) is 0 Å². The lowest BCUT2D eigenvalue weighted by Crippen LogP contribution is -2.39. The summed E-state index contributed by atoms with van der Waals surface area (Å²) in [5.41, 5.74) is -0.272. The van der Waals surface area contributed by atoms with Crippen LogP contribution in [0.4, 0.5) is 0 Å². The highest BCUT2D eigenvalue weighted by Gasteiger charge is 2.55. The SMILES string of the molecule is CCC1OC1(CC)CN1C(=O)C=CC1=O. The van der Waals surface area contributed by atoms with E-state index in [1.165, 1.54) is 17.1 Å². The summed E-state index contributed by atoms with van der Waals surface area (Å²) in [6.07, 6.45) is 4.59. The third kappa shape index (κ3) is 1.59. The van der Waals surface area contributed by atoms with Gasteiger partial charge in [0.25, 0.3) is 11.8 Å². The van der Waals surface area contributed by atoms with E-state index in [9.17, 15) is 9.59 Å². The van der Waals surface area contributed by atoms with Gasteiger partial charge in [-0.1, -0.05) is 13.8 Å². The second-order valence-corrected chi connectivity index (χ2v) is 4.03. The van der Waals surface area contributed by atoms with E-state index < -0.39 is 0 Å². The normalized spacial score (nSPS) is 34.0. The van der Waals surface area contributed by atoms with Gasteiger partial charge in [0.15, 0.2) is 0 Å². The second-order valence-electron chi connectivity index (χ2n) is 4.03. The number of hydrogen-bond donors (Lipinski definition) is 0. The topological polar surface area (TPSA) is 49.9 Å². The molecule has 2 unspecified atom stereocenters. The Hall–Kier alpha value is -1.16. The number of carbonyl (C=O) groups excluding carboxylic acids is 2. The smallest absolute Gasteiger partial charge is 0.253 e. The van der Waals surface area contributed by atoms with Crippen LogP contribution < -0.4 is 0 Å². The van der Waals surface area contributed by atoms with Crippen molar-refractivity contribution in [2.24, 2.45) is 0 Å². The molecule has 0 spiro atoms. The number of carbonyl (C=O) groups is 2. The first-order valence-electron chi connectivity index (χ1n) is 5.34. The Balaban J connectivity index is 2.03. The molecular weight excluding hydrogens is 194 g/mol. The van der Waals surface area contributed by atoms with Gasteiger partial charge in [-0.25, -0.2) is 0 Å². The number of ether oxygens (including phenoxy) is 1. The molecule has 0 aromatic carbocycles. The largest absolute Gasteiger partial charge is 0.364 e. The number of epoxide rings is 1. The molecule has 2 amide bonds. The summed E-state index contributed by atoms with van der Waals surface area (Å²) in [5, 5.41) is 0. The number of imide groups is 1. The first kappa shape index (κ1) is 10.4. The van der Waals surface area contributed by atoms with Gasteiger partial charge in [-0.2, -0.15) is 0 Å². The van der Waals surface area contributed by atoms with Gasteiger partial charge in [0, 0.05) is 12.2 Å². The quantitative estimate of drug-likeness (QED) is 0.510. The third-order valence-corrected chi connectivity index (χ3v) is 3.20. The molecule has 0 bridgehead atoms. The van der Waals surface area contributed by atoms with Crippen molar-refractivity contribution in [2.75, 3.05) is 6.54 Å². The van der Waals surface area contributed by atoms with Crippen molar-refractivity contribution >= 4 is 11.8 Å². The Morgan fingerprint density at radius 2 is 1.93 bits per heavy atom. The van der Waals surface area contributed by atoms with E-state index in [0.717, 1.165) is 12.8 Å². The predicted molar refractivity (Wildman–Crippen MR) is 54.0 cm³/mol. The fourth-order valence-corrected chi connectivity index (χ4v) is 2.12. The molecule has 0 aliphatic carbocycles. The zero-order valence-corrected chi connectivity index (χ0v) is 9.03. The highest BCUT2D eigenvalue weighted by molar-refractivity contribution is 6.12. The summed E-state index contributed by atoms with van der Waals surface area (Å²) in [7, 11) is 0. The molecule has 2 heterocycles. The average molecular weight is 209 g/mol. The zero-order chi connectivity index (χ0) is 11.1. The molecule has 0 radical (unpaired) electrons. The zero-order valence-electron chi connectivity index (χ0n) is 9.03. The Labute approximate surface area is 88.9 Å². The number of rotatable bonds is 4. The highest BCUT2D eigenvalue weighted by atomic mass is 16.6. The van der Waals surface area contributed by atoms with Crippen LogP contribution in [0, 0.1) is 0 Å². The van der Waals surface area contributed by atoms with Crippen molar-refractivity contribution < 1.29 is 14.3 Å². The van der Waals surface area contributed by atoms with Crippen LogP contribution in [0.5, 0.6) is 0 Å². The number of amides is 2. The molecule has 2 aliphatic rings. The molecular formula is C11H15NO3. The van der Waals surface area contributed by atoms with Crippen LogP contribution in [0.2, 0.25) is 0 Å². The molecule has 4 nitrogen and oxygen atoms in total. The van der Waals surface area contributed by atoms with Gasteiger partial charge in [-0.15, -0.1) is 0 Å². The summed E-state index contributed by atoms with van der Waals surface area (Å²) in [6.45, 7) is 4.47. The lowest BCUT2D eigenvalue weighted by Gasteiger charge is -2.18. The van der Waals surface area contributed by atoms with Crippen LogP contribution in [0.15, 0.2) is 12.2 Å². The molecule has 0 aromatic rings. The Kier molecular flexibility index (Phi) is 2.38. The van der Waals surface area contributed by atoms with Gasteiger partial charge in [-0.3, -0.25) is 14.5 Å². The van der Waals surface area contributed by atoms with Crippen LogP contribution in [0.25, 0.3) is 0 Å². The summed E-state index contributed by atoms with van der Waals surface area (Å²) in [6, 6.07) is 0. The molecule has 2 rings (SSSR count). The van der Waals surface area contributed by atoms with Gasteiger partial charge in [0.05, 0.1) is 12.6 Å². The van der Waals surface area contributed by atoms with Gasteiger partial charge < -0.3 is 4.74 Å². The molecule has 82 valence electrons. The van der Waals surface area contributed by atoms with Crippen LogP contribution >= 0.6 is 0 Å². The van der Waals surface area contributed by atoms with Crippen molar-refractivity contribution in [2.45, 2.75) is 38.4 Å². The van der Waals surface area contributed by atoms with Crippen LogP contribution in [-0.2, 0) is 14.3 Å². The summed E-state index contributed by atoms with van der Waals surface area (Å²) in [4.78, 5) is 24.0. The van der Waals surface area contributed by atoms with Gasteiger partial charge >= 0.3 is 0 Å². The lowest BCUT2D eigenvalue weighted by molar-refractivity contribution is -0.137. The maximum Gasteiger partial charge on any atom is 0.253 e. The fraction of sp³-hybridized carbons (Fsp3) is 0.636. The van der Waals surface area contributed by atoms with Crippen molar-refractivity contribution in [3.63, 3.8) is 0 Å².